The van der Waals surface area contributed by atoms with Gasteiger partial charge in [0.25, 0.3) is 0 Å². The number of rotatable bonds is 6. The molecule has 0 bridgehead atoms. The van der Waals surface area contributed by atoms with E-state index in [0.29, 0.717) is 5.69 Å². The molecular formula is C23H17F4N5O4S. The van der Waals surface area contributed by atoms with Crippen molar-refractivity contribution in [3.05, 3.63) is 77.4 Å². The summed E-state index contributed by atoms with van der Waals surface area (Å²) in [6.07, 6.45) is -4.32. The number of urea groups is 1. The van der Waals surface area contributed by atoms with Crippen LogP contribution in [0.4, 0.5) is 33.2 Å². The zero-order chi connectivity index (χ0) is 26.8. The average Bonchev–Trinajstić information content (AvgIpc) is 3.25. The molecule has 2 heterocycles. The number of thiazole rings is 1. The fourth-order valence-electron chi connectivity index (χ4n) is 3.32. The van der Waals surface area contributed by atoms with Crippen molar-refractivity contribution in [2.75, 3.05) is 17.2 Å². The molecule has 0 radical (unpaired) electrons. The first-order valence-corrected chi connectivity index (χ1v) is 11.4. The SMILES string of the molecule is CCOC(=O)c1cnnc(C(O)(c2ccc3nc(NC(=O)Nc4ccc(F)cc4)sc3c2)C(F)(F)F)c1. The van der Waals surface area contributed by atoms with Crippen LogP contribution in [0.3, 0.4) is 0 Å². The molecule has 37 heavy (non-hydrogen) atoms. The smallest absolute Gasteiger partial charge is 0.427 e. The Hall–Kier alpha value is -4.17. The maximum absolute atomic E-state index is 14.2. The van der Waals surface area contributed by atoms with Gasteiger partial charge in [-0.3, -0.25) is 5.32 Å². The lowest BCUT2D eigenvalue weighted by atomic mass is 9.88. The molecule has 192 valence electrons. The van der Waals surface area contributed by atoms with Gasteiger partial charge in [-0.05, 0) is 49.4 Å². The van der Waals surface area contributed by atoms with E-state index in [4.69, 9.17) is 4.74 Å². The fraction of sp³-hybridized carbons (Fsp3) is 0.174. The summed E-state index contributed by atoms with van der Waals surface area (Å²) < 4.78 is 60.7. The highest BCUT2D eigenvalue weighted by atomic mass is 32.1. The van der Waals surface area contributed by atoms with Gasteiger partial charge in [0.05, 0.1) is 28.6 Å². The number of fused-ring (bicyclic) bond motifs is 1. The lowest BCUT2D eigenvalue weighted by molar-refractivity contribution is -0.250. The molecule has 0 saturated carbocycles. The normalized spacial score (nSPS) is 13.1. The van der Waals surface area contributed by atoms with Crippen LogP contribution in [0.5, 0.6) is 0 Å². The van der Waals surface area contributed by atoms with Crippen molar-refractivity contribution < 1.29 is 37.0 Å². The van der Waals surface area contributed by atoms with Crippen LogP contribution >= 0.6 is 11.3 Å². The van der Waals surface area contributed by atoms with E-state index in [1.54, 1.807) is 0 Å². The highest BCUT2D eigenvalue weighted by Crippen LogP contribution is 2.44. The Labute approximate surface area is 210 Å². The van der Waals surface area contributed by atoms with E-state index in [2.05, 4.69) is 25.8 Å². The molecule has 0 spiro atoms. The highest BCUT2D eigenvalue weighted by molar-refractivity contribution is 7.22. The minimum absolute atomic E-state index is 0.0135. The second kappa shape index (κ2) is 10.1. The summed E-state index contributed by atoms with van der Waals surface area (Å²) >= 11 is 0.858. The van der Waals surface area contributed by atoms with Gasteiger partial charge < -0.3 is 15.2 Å². The third-order valence-electron chi connectivity index (χ3n) is 5.08. The summed E-state index contributed by atoms with van der Waals surface area (Å²) in [4.78, 5) is 28.4. The molecule has 2 aromatic heterocycles. The Kier molecular flexibility index (Phi) is 7.05. The molecule has 1 atom stereocenters. The number of halogens is 4. The van der Waals surface area contributed by atoms with E-state index in [1.165, 1.54) is 25.1 Å². The first-order chi connectivity index (χ1) is 17.5. The summed E-state index contributed by atoms with van der Waals surface area (Å²) in [5.41, 5.74) is -4.90. The topological polar surface area (TPSA) is 126 Å². The van der Waals surface area contributed by atoms with Crippen molar-refractivity contribution in [2.45, 2.75) is 18.7 Å². The van der Waals surface area contributed by atoms with Crippen molar-refractivity contribution in [1.29, 1.82) is 0 Å². The fourth-order valence-corrected chi connectivity index (χ4v) is 4.22. The molecule has 2 aromatic carbocycles. The van der Waals surface area contributed by atoms with Gasteiger partial charge in [0.2, 0.25) is 5.60 Å². The summed E-state index contributed by atoms with van der Waals surface area (Å²) in [5, 5.41) is 22.8. The number of esters is 1. The standard InChI is InChI=1S/C23H17F4N5O4S/c1-2-36-19(33)12-9-18(32-28-11-12)22(35,23(25,26)27)13-3-8-16-17(10-13)37-21(30-16)31-20(34)29-15-6-4-14(24)5-7-15/h3-11,35H,2H2,1H3,(H2,29,30,31,34). The van der Waals surface area contributed by atoms with Crippen LogP contribution < -0.4 is 10.6 Å². The Bertz CT molecular complexity index is 1460. The second-order valence-corrected chi connectivity index (χ2v) is 8.58. The molecule has 9 nitrogen and oxygen atoms in total. The largest absolute Gasteiger partial charge is 0.462 e. The average molecular weight is 535 g/mol. The maximum atomic E-state index is 14.2. The molecule has 0 aliphatic rings. The number of hydrogen-bond acceptors (Lipinski definition) is 8. The molecule has 1 unspecified atom stereocenters. The molecule has 0 aliphatic heterocycles. The number of aliphatic hydroxyl groups is 1. The van der Waals surface area contributed by atoms with Crippen LogP contribution in [0.15, 0.2) is 54.7 Å². The summed E-state index contributed by atoms with van der Waals surface area (Å²) in [5.74, 6) is -1.40. The molecule has 4 rings (SSSR count). The molecule has 4 aromatic rings. The van der Waals surface area contributed by atoms with Crippen LogP contribution in [0, 0.1) is 5.82 Å². The predicted molar refractivity (Wildman–Crippen MR) is 126 cm³/mol. The Morgan fingerprint density at radius 3 is 2.49 bits per heavy atom. The lowest BCUT2D eigenvalue weighted by Crippen LogP contribution is -2.44. The van der Waals surface area contributed by atoms with Crippen LogP contribution in [-0.2, 0) is 10.3 Å². The first kappa shape index (κ1) is 25.9. The van der Waals surface area contributed by atoms with Crippen molar-refractivity contribution >= 4 is 44.4 Å². The van der Waals surface area contributed by atoms with E-state index < -0.39 is 40.9 Å². The Balaban J connectivity index is 1.65. The van der Waals surface area contributed by atoms with Crippen molar-refractivity contribution in [3.8, 4) is 0 Å². The number of aromatic nitrogens is 3. The summed E-state index contributed by atoms with van der Waals surface area (Å²) in [6.45, 7) is 1.51. The van der Waals surface area contributed by atoms with Crippen molar-refractivity contribution in [3.63, 3.8) is 0 Å². The number of carbonyl (C=O) groups excluding carboxylic acids is 2. The second-order valence-electron chi connectivity index (χ2n) is 7.55. The van der Waals surface area contributed by atoms with E-state index in [-0.39, 0.29) is 27.5 Å². The number of hydrogen-bond donors (Lipinski definition) is 3. The molecule has 14 heteroatoms. The predicted octanol–water partition coefficient (Wildman–Crippen LogP) is 4.84. The number of benzene rings is 2. The highest BCUT2D eigenvalue weighted by Gasteiger charge is 2.58. The monoisotopic (exact) mass is 535 g/mol. The van der Waals surface area contributed by atoms with Gasteiger partial charge in [-0.25, -0.2) is 19.0 Å². The minimum atomic E-state index is -5.25. The van der Waals surface area contributed by atoms with Gasteiger partial charge in [-0.2, -0.15) is 23.4 Å². The summed E-state index contributed by atoms with van der Waals surface area (Å²) in [7, 11) is 0. The number of ether oxygens (including phenoxy) is 1. The van der Waals surface area contributed by atoms with Gasteiger partial charge in [0.15, 0.2) is 5.13 Å². The molecular weight excluding hydrogens is 518 g/mol. The van der Waals surface area contributed by atoms with Crippen LogP contribution in [0.2, 0.25) is 0 Å². The van der Waals surface area contributed by atoms with E-state index in [0.717, 1.165) is 47.9 Å². The van der Waals surface area contributed by atoms with E-state index in [9.17, 15) is 32.3 Å². The maximum Gasteiger partial charge on any atom is 0.427 e. The Morgan fingerprint density at radius 1 is 1.08 bits per heavy atom. The van der Waals surface area contributed by atoms with Gasteiger partial charge in [0.1, 0.15) is 11.5 Å². The number of nitrogens with one attached hydrogen (secondary N) is 2. The van der Waals surface area contributed by atoms with Crippen LogP contribution in [0.1, 0.15) is 28.5 Å². The number of nitrogens with zero attached hydrogens (tertiary/aromatic N) is 3. The van der Waals surface area contributed by atoms with E-state index >= 15 is 0 Å². The third kappa shape index (κ3) is 5.34. The van der Waals surface area contributed by atoms with Crippen LogP contribution in [0.25, 0.3) is 10.2 Å². The zero-order valence-corrected chi connectivity index (χ0v) is 19.7. The molecule has 2 amide bonds. The number of carbonyl (C=O) groups is 2. The lowest BCUT2D eigenvalue weighted by Gasteiger charge is -2.30. The first-order valence-electron chi connectivity index (χ1n) is 10.6. The number of alkyl halides is 3. The van der Waals surface area contributed by atoms with Crippen molar-refractivity contribution in [1.82, 2.24) is 15.2 Å². The zero-order valence-electron chi connectivity index (χ0n) is 18.8. The number of amides is 2. The minimum Gasteiger partial charge on any atom is -0.462 e. The molecule has 0 fully saturated rings. The van der Waals surface area contributed by atoms with E-state index in [1.807, 2.05) is 0 Å². The van der Waals surface area contributed by atoms with Crippen LogP contribution in [-0.4, -0.2) is 45.1 Å². The molecule has 3 N–H and O–H groups in total. The quantitative estimate of drug-likeness (QED) is 0.238. The van der Waals surface area contributed by atoms with Gasteiger partial charge in [-0.15, -0.1) is 0 Å². The number of anilines is 2. The van der Waals surface area contributed by atoms with Gasteiger partial charge in [0, 0.05) is 11.3 Å². The molecule has 0 saturated heterocycles. The van der Waals surface area contributed by atoms with Crippen molar-refractivity contribution in [2.24, 2.45) is 0 Å². The third-order valence-corrected chi connectivity index (χ3v) is 6.01. The van der Waals surface area contributed by atoms with Gasteiger partial charge >= 0.3 is 18.2 Å². The molecule has 0 aliphatic carbocycles. The van der Waals surface area contributed by atoms with Gasteiger partial charge in [-0.1, -0.05) is 17.4 Å². The Morgan fingerprint density at radius 2 is 1.81 bits per heavy atom. The summed E-state index contributed by atoms with van der Waals surface area (Å²) in [6, 6.07) is 8.37.